The number of fused-ring (bicyclic) bond motifs is 1. The van der Waals surface area contributed by atoms with Crippen LogP contribution in [0.15, 0.2) is 15.5 Å². The summed E-state index contributed by atoms with van der Waals surface area (Å²) in [5.41, 5.74) is 10.3. The van der Waals surface area contributed by atoms with E-state index in [2.05, 4.69) is 36.5 Å². The maximum Gasteiger partial charge on any atom is 0.211 e. The van der Waals surface area contributed by atoms with Crippen LogP contribution >= 0.6 is 15.9 Å². The molecular weight excluding hydrogens is 429 g/mol. The highest BCUT2D eigenvalue weighted by Crippen LogP contribution is 2.43. The Morgan fingerprint density at radius 1 is 1.19 bits per heavy atom. The van der Waals surface area contributed by atoms with Crippen LogP contribution in [-0.2, 0) is 0 Å². The van der Waals surface area contributed by atoms with Crippen LogP contribution in [0.2, 0.25) is 0 Å². The SMILES string of the molecule is N#CNC1=NC(c2c(F)cc(Br)c(F)c2F)c2c(nc(N)c(C#N)c2N)N1. The first-order valence-electron chi connectivity index (χ1n) is 7.11. The third kappa shape index (κ3) is 2.86. The van der Waals surface area contributed by atoms with E-state index in [-0.39, 0.29) is 34.4 Å². The minimum absolute atomic E-state index is 0.0797. The average Bonchev–Trinajstić information content (AvgIpc) is 2.60. The van der Waals surface area contributed by atoms with Gasteiger partial charge in [0.05, 0.1) is 15.7 Å². The van der Waals surface area contributed by atoms with Gasteiger partial charge in [-0.1, -0.05) is 0 Å². The van der Waals surface area contributed by atoms with E-state index >= 15 is 0 Å². The van der Waals surface area contributed by atoms with Gasteiger partial charge in [-0.15, -0.1) is 0 Å². The van der Waals surface area contributed by atoms with Gasteiger partial charge >= 0.3 is 0 Å². The topological polar surface area (TPSA) is 149 Å². The molecule has 0 saturated carbocycles. The first-order valence-corrected chi connectivity index (χ1v) is 7.91. The second-order valence-electron chi connectivity index (χ2n) is 5.28. The standard InChI is InChI=1S/C15H8BrF3N8/c16-5-1-6(17)7(10(19)9(5)18)12-8-11(22)4(2-20)13(23)26-14(8)27-15(25-12)24-3-21/h1,12H,(H6,22,23,24,25,26,27). The normalized spacial score (nSPS) is 15.0. The summed E-state index contributed by atoms with van der Waals surface area (Å²) < 4.78 is 42.6. The minimum atomic E-state index is -1.53. The molecule has 1 aromatic heterocycles. The quantitative estimate of drug-likeness (QED) is 0.231. The van der Waals surface area contributed by atoms with Gasteiger partial charge in [0.15, 0.2) is 17.8 Å². The Labute approximate surface area is 158 Å². The molecule has 2 aromatic rings. The number of guanidine groups is 1. The molecule has 3 rings (SSSR count). The monoisotopic (exact) mass is 436 g/mol. The maximum absolute atomic E-state index is 14.5. The average molecular weight is 437 g/mol. The van der Waals surface area contributed by atoms with Gasteiger partial charge in [0.2, 0.25) is 5.96 Å². The summed E-state index contributed by atoms with van der Waals surface area (Å²) in [4.78, 5) is 7.92. The van der Waals surface area contributed by atoms with Crippen molar-refractivity contribution in [3.05, 3.63) is 44.7 Å². The number of hydrogen-bond acceptors (Lipinski definition) is 8. The number of rotatable bonds is 1. The Balaban J connectivity index is 2.36. The van der Waals surface area contributed by atoms with E-state index in [1.54, 1.807) is 12.3 Å². The van der Waals surface area contributed by atoms with Crippen molar-refractivity contribution in [1.82, 2.24) is 10.3 Å². The Hall–Kier alpha value is -3.51. The summed E-state index contributed by atoms with van der Waals surface area (Å²) in [6.45, 7) is 0. The van der Waals surface area contributed by atoms with Gasteiger partial charge in [-0.2, -0.15) is 10.5 Å². The lowest BCUT2D eigenvalue weighted by Gasteiger charge is -2.26. The van der Waals surface area contributed by atoms with E-state index in [4.69, 9.17) is 16.7 Å². The third-order valence-electron chi connectivity index (χ3n) is 3.78. The zero-order chi connectivity index (χ0) is 19.9. The minimum Gasteiger partial charge on any atom is -0.397 e. The number of aliphatic imine (C=N–C) groups is 1. The number of hydrogen-bond donors (Lipinski definition) is 4. The van der Waals surface area contributed by atoms with Crippen molar-refractivity contribution in [3.63, 3.8) is 0 Å². The number of nitriles is 2. The van der Waals surface area contributed by atoms with Crippen molar-refractivity contribution < 1.29 is 13.2 Å². The van der Waals surface area contributed by atoms with E-state index < -0.39 is 33.5 Å². The largest absolute Gasteiger partial charge is 0.397 e. The summed E-state index contributed by atoms with van der Waals surface area (Å²) in [5, 5.41) is 22.8. The molecule has 0 bridgehead atoms. The van der Waals surface area contributed by atoms with Crippen LogP contribution in [0.25, 0.3) is 0 Å². The van der Waals surface area contributed by atoms with E-state index in [1.165, 1.54) is 0 Å². The number of nitrogens with one attached hydrogen (secondary N) is 2. The highest BCUT2D eigenvalue weighted by atomic mass is 79.9. The summed E-state index contributed by atoms with van der Waals surface area (Å²) in [5.74, 6) is -4.49. The highest BCUT2D eigenvalue weighted by Gasteiger charge is 2.34. The van der Waals surface area contributed by atoms with Gasteiger partial charge in [0.25, 0.3) is 0 Å². The second kappa shape index (κ2) is 6.66. The Bertz CT molecular complexity index is 1090. The molecule has 27 heavy (non-hydrogen) atoms. The van der Waals surface area contributed by atoms with Gasteiger partial charge in [-0.3, -0.25) is 5.32 Å². The lowest BCUT2D eigenvalue weighted by molar-refractivity contribution is 0.469. The number of nitrogen functional groups attached to an aromatic ring is 2. The number of anilines is 3. The number of halogens is 4. The summed E-state index contributed by atoms with van der Waals surface area (Å²) in [6, 6.07) is 0.949. The molecule has 2 heterocycles. The molecule has 1 aliphatic heterocycles. The predicted molar refractivity (Wildman–Crippen MR) is 93.4 cm³/mol. The second-order valence-corrected chi connectivity index (χ2v) is 6.14. The maximum atomic E-state index is 14.5. The smallest absolute Gasteiger partial charge is 0.211 e. The molecule has 0 spiro atoms. The van der Waals surface area contributed by atoms with Gasteiger partial charge in [0.1, 0.15) is 35.1 Å². The summed E-state index contributed by atoms with van der Waals surface area (Å²) >= 11 is 2.72. The fraction of sp³-hybridized carbons (Fsp3) is 0.0667. The zero-order valence-electron chi connectivity index (χ0n) is 13.1. The van der Waals surface area contributed by atoms with E-state index in [1.807, 2.05) is 0 Å². The number of benzene rings is 1. The van der Waals surface area contributed by atoms with E-state index in [0.717, 1.165) is 6.07 Å². The molecule has 6 N–H and O–H groups in total. The van der Waals surface area contributed by atoms with Crippen LogP contribution < -0.4 is 22.1 Å². The molecule has 1 atom stereocenters. The Morgan fingerprint density at radius 2 is 1.89 bits per heavy atom. The van der Waals surface area contributed by atoms with Gasteiger partial charge in [-0.25, -0.2) is 23.1 Å². The van der Waals surface area contributed by atoms with Crippen molar-refractivity contribution in [3.8, 4) is 12.3 Å². The molecule has 12 heteroatoms. The van der Waals surface area contributed by atoms with Crippen LogP contribution in [0.1, 0.15) is 22.7 Å². The van der Waals surface area contributed by atoms with Gasteiger partial charge in [-0.05, 0) is 22.0 Å². The van der Waals surface area contributed by atoms with Crippen LogP contribution in [-0.4, -0.2) is 10.9 Å². The van der Waals surface area contributed by atoms with Crippen LogP contribution in [0.5, 0.6) is 0 Å². The first kappa shape index (κ1) is 18.3. The van der Waals surface area contributed by atoms with Crippen LogP contribution in [0, 0.1) is 40.2 Å². The van der Waals surface area contributed by atoms with Crippen molar-refractivity contribution in [1.29, 1.82) is 10.5 Å². The number of aromatic nitrogens is 1. The molecule has 0 aliphatic carbocycles. The van der Waals surface area contributed by atoms with Gasteiger partial charge < -0.3 is 16.8 Å². The van der Waals surface area contributed by atoms with Crippen LogP contribution in [0.3, 0.4) is 0 Å². The molecule has 1 unspecified atom stereocenters. The molecular formula is C15H8BrF3N8. The molecule has 1 aliphatic rings. The molecule has 0 radical (unpaired) electrons. The fourth-order valence-electron chi connectivity index (χ4n) is 2.62. The van der Waals surface area contributed by atoms with E-state index in [9.17, 15) is 18.4 Å². The molecule has 1 aromatic carbocycles. The number of nitrogens with two attached hydrogens (primary N) is 2. The lowest BCUT2D eigenvalue weighted by atomic mass is 9.94. The highest BCUT2D eigenvalue weighted by molar-refractivity contribution is 9.10. The summed E-state index contributed by atoms with van der Waals surface area (Å²) in [7, 11) is 0. The predicted octanol–water partition coefficient (Wildman–Crippen LogP) is 2.24. The first-order chi connectivity index (χ1) is 12.8. The van der Waals surface area contributed by atoms with Gasteiger partial charge in [0, 0.05) is 5.56 Å². The summed E-state index contributed by atoms with van der Waals surface area (Å²) in [6.07, 6.45) is 1.59. The van der Waals surface area contributed by atoms with Crippen molar-refractivity contribution in [2.75, 3.05) is 16.8 Å². The molecule has 0 saturated heterocycles. The van der Waals surface area contributed by atoms with Crippen LogP contribution in [0.4, 0.5) is 30.5 Å². The Kier molecular flexibility index (Phi) is 4.51. The fourth-order valence-corrected chi connectivity index (χ4v) is 3.00. The molecule has 0 fully saturated rings. The third-order valence-corrected chi connectivity index (χ3v) is 4.36. The van der Waals surface area contributed by atoms with Crippen molar-refractivity contribution in [2.45, 2.75) is 6.04 Å². The zero-order valence-corrected chi connectivity index (χ0v) is 14.7. The molecule has 0 amide bonds. The number of pyridine rings is 1. The van der Waals surface area contributed by atoms with Crippen molar-refractivity contribution in [2.24, 2.45) is 4.99 Å². The molecule has 136 valence electrons. The number of nitrogens with zero attached hydrogens (tertiary/aromatic N) is 4. The van der Waals surface area contributed by atoms with E-state index in [0.29, 0.717) is 0 Å². The van der Waals surface area contributed by atoms with Crippen molar-refractivity contribution >= 4 is 39.2 Å². The lowest BCUT2D eigenvalue weighted by Crippen LogP contribution is -2.33. The molecule has 8 nitrogen and oxygen atoms in total. The Morgan fingerprint density at radius 3 is 2.52 bits per heavy atom.